The molecule has 2 aliphatic rings. The van der Waals surface area contributed by atoms with E-state index in [-0.39, 0.29) is 30.8 Å². The van der Waals surface area contributed by atoms with Crippen LogP contribution < -0.4 is 15.8 Å². The van der Waals surface area contributed by atoms with E-state index in [9.17, 15) is 32.7 Å². The maximum atomic E-state index is 12.8. The number of hydrogen-bond acceptors (Lipinski definition) is 8. The number of aliphatic hydroxyl groups is 1. The van der Waals surface area contributed by atoms with Gasteiger partial charge in [-0.25, -0.2) is 13.1 Å². The average molecular weight is 495 g/mol. The molecule has 0 aliphatic carbocycles. The standard InChI is InChI=1S/C21H26N4O8S/c1-12-3-2-4-14(7-12)34(31,32)23-9-13-5-6-15(19(22)28)20(29)25(10-13)11-17(26)24-16-8-18(27)33-21(16)30/h2-5,7,15-16,21,23,30H,6,8-11H2,1H3,(H2,22,28)(H,24,26). The van der Waals surface area contributed by atoms with Crippen LogP contribution in [0.25, 0.3) is 0 Å². The monoisotopic (exact) mass is 494 g/mol. The molecule has 0 saturated carbocycles. The zero-order valence-corrected chi connectivity index (χ0v) is 19.2. The average Bonchev–Trinajstić information content (AvgIpc) is 2.97. The van der Waals surface area contributed by atoms with Crippen LogP contribution in [0.2, 0.25) is 0 Å². The van der Waals surface area contributed by atoms with Crippen LogP contribution in [0.1, 0.15) is 18.4 Å². The highest BCUT2D eigenvalue weighted by molar-refractivity contribution is 7.89. The number of hydrogen-bond donors (Lipinski definition) is 4. The molecule has 3 amide bonds. The summed E-state index contributed by atoms with van der Waals surface area (Å²) in [6.07, 6.45) is -0.216. The van der Waals surface area contributed by atoms with Gasteiger partial charge < -0.3 is 25.8 Å². The van der Waals surface area contributed by atoms with Gasteiger partial charge in [-0.05, 0) is 36.6 Å². The van der Waals surface area contributed by atoms with Crippen LogP contribution >= 0.6 is 0 Å². The van der Waals surface area contributed by atoms with Gasteiger partial charge in [0.1, 0.15) is 12.0 Å². The maximum Gasteiger partial charge on any atom is 0.310 e. The summed E-state index contributed by atoms with van der Waals surface area (Å²) in [5.41, 5.74) is 6.58. The van der Waals surface area contributed by atoms with Gasteiger partial charge in [0.15, 0.2) is 0 Å². The molecular formula is C21H26N4O8S. The van der Waals surface area contributed by atoms with Crippen LogP contribution in [-0.2, 0) is 33.9 Å². The van der Waals surface area contributed by atoms with Crippen LogP contribution in [0.3, 0.4) is 0 Å². The Morgan fingerprint density at radius 2 is 2.03 bits per heavy atom. The van der Waals surface area contributed by atoms with Gasteiger partial charge in [0.05, 0.1) is 17.9 Å². The molecule has 3 atom stereocenters. The number of aryl methyl sites for hydroxylation is 1. The van der Waals surface area contributed by atoms with E-state index >= 15 is 0 Å². The van der Waals surface area contributed by atoms with E-state index in [1.54, 1.807) is 25.1 Å². The molecule has 0 aromatic heterocycles. The molecule has 184 valence electrons. The highest BCUT2D eigenvalue weighted by Gasteiger charge is 2.36. The number of rotatable bonds is 8. The fourth-order valence-corrected chi connectivity index (χ4v) is 4.78. The van der Waals surface area contributed by atoms with Crippen molar-refractivity contribution in [2.45, 2.75) is 37.0 Å². The molecule has 1 fully saturated rings. The Kier molecular flexibility index (Phi) is 7.69. The van der Waals surface area contributed by atoms with Crippen molar-refractivity contribution in [1.82, 2.24) is 14.9 Å². The maximum absolute atomic E-state index is 12.8. The van der Waals surface area contributed by atoms with Gasteiger partial charge in [0, 0.05) is 13.1 Å². The second-order valence-corrected chi connectivity index (χ2v) is 9.91. The third-order valence-electron chi connectivity index (χ3n) is 5.44. The Morgan fingerprint density at radius 1 is 1.29 bits per heavy atom. The molecule has 2 aliphatic heterocycles. The number of ether oxygens (including phenoxy) is 1. The van der Waals surface area contributed by atoms with Crippen molar-refractivity contribution in [2.24, 2.45) is 11.7 Å². The molecule has 0 radical (unpaired) electrons. The van der Waals surface area contributed by atoms with Crippen LogP contribution in [0.15, 0.2) is 40.8 Å². The van der Waals surface area contributed by atoms with Crippen molar-refractivity contribution < 1.29 is 37.4 Å². The molecule has 13 heteroatoms. The smallest absolute Gasteiger partial charge is 0.310 e. The summed E-state index contributed by atoms with van der Waals surface area (Å²) < 4.78 is 32.3. The summed E-state index contributed by atoms with van der Waals surface area (Å²) in [4.78, 5) is 49.5. The van der Waals surface area contributed by atoms with E-state index < -0.39 is 58.5 Å². The zero-order chi connectivity index (χ0) is 25.0. The molecule has 34 heavy (non-hydrogen) atoms. The number of primary amides is 1. The number of esters is 1. The first-order valence-corrected chi connectivity index (χ1v) is 11.9. The minimum atomic E-state index is -3.84. The predicted octanol–water partition coefficient (Wildman–Crippen LogP) is -1.72. The van der Waals surface area contributed by atoms with Gasteiger partial charge in [-0.3, -0.25) is 19.2 Å². The van der Waals surface area contributed by atoms with Crippen molar-refractivity contribution in [3.63, 3.8) is 0 Å². The first-order valence-electron chi connectivity index (χ1n) is 10.5. The Labute approximate surface area is 196 Å². The fourth-order valence-electron chi connectivity index (χ4n) is 3.64. The van der Waals surface area contributed by atoms with Gasteiger partial charge in [0.2, 0.25) is 34.0 Å². The summed E-state index contributed by atoms with van der Waals surface area (Å²) in [5, 5.41) is 12.1. The van der Waals surface area contributed by atoms with Crippen LogP contribution in [0, 0.1) is 12.8 Å². The Hall–Kier alpha value is -3.29. The third-order valence-corrected chi connectivity index (χ3v) is 6.84. The number of nitrogens with two attached hydrogens (primary N) is 1. The lowest BCUT2D eigenvalue weighted by Crippen LogP contribution is -2.49. The molecule has 1 saturated heterocycles. The van der Waals surface area contributed by atoms with Crippen molar-refractivity contribution in [3.05, 3.63) is 41.5 Å². The highest BCUT2D eigenvalue weighted by atomic mass is 32.2. The first kappa shape index (κ1) is 25.3. The fraction of sp³-hybridized carbons (Fsp3) is 0.429. The van der Waals surface area contributed by atoms with E-state index in [2.05, 4.69) is 14.8 Å². The van der Waals surface area contributed by atoms with Gasteiger partial charge in [-0.1, -0.05) is 18.2 Å². The number of cyclic esters (lactones) is 1. The van der Waals surface area contributed by atoms with Crippen molar-refractivity contribution >= 4 is 33.7 Å². The quantitative estimate of drug-likeness (QED) is 0.187. The summed E-state index contributed by atoms with van der Waals surface area (Å²) in [6.45, 7) is 0.978. The van der Waals surface area contributed by atoms with E-state index in [1.807, 2.05) is 0 Å². The van der Waals surface area contributed by atoms with Crippen LogP contribution in [0.4, 0.5) is 0 Å². The number of carbonyl (C=O) groups excluding carboxylic acids is 4. The van der Waals surface area contributed by atoms with E-state index in [0.29, 0.717) is 5.57 Å². The lowest BCUT2D eigenvalue weighted by atomic mass is 10.0. The Morgan fingerprint density at radius 3 is 2.65 bits per heavy atom. The second kappa shape index (κ2) is 10.3. The third kappa shape index (κ3) is 6.18. The van der Waals surface area contributed by atoms with Crippen molar-refractivity contribution in [1.29, 1.82) is 0 Å². The Bertz CT molecular complexity index is 1130. The minimum Gasteiger partial charge on any atom is -0.434 e. The van der Waals surface area contributed by atoms with E-state index in [4.69, 9.17) is 5.73 Å². The predicted molar refractivity (Wildman–Crippen MR) is 117 cm³/mol. The lowest BCUT2D eigenvalue weighted by molar-refractivity contribution is -0.155. The molecule has 1 aromatic carbocycles. The SMILES string of the molecule is Cc1cccc(S(=O)(=O)NCC2=CCC(C(N)=O)C(=O)N(CC(=O)NC3CC(=O)OC3O)C2)c1. The minimum absolute atomic E-state index is 0.0442. The topological polar surface area (TPSA) is 185 Å². The van der Waals surface area contributed by atoms with Crippen molar-refractivity contribution in [2.75, 3.05) is 19.6 Å². The highest BCUT2D eigenvalue weighted by Crippen LogP contribution is 2.19. The summed E-state index contributed by atoms with van der Waals surface area (Å²) in [5.74, 6) is -4.15. The summed E-state index contributed by atoms with van der Waals surface area (Å²) in [6, 6.07) is 5.37. The molecule has 0 bridgehead atoms. The molecule has 2 heterocycles. The molecule has 12 nitrogen and oxygen atoms in total. The molecule has 5 N–H and O–H groups in total. The van der Waals surface area contributed by atoms with Gasteiger partial charge in [-0.2, -0.15) is 0 Å². The number of amides is 3. The molecule has 1 aromatic rings. The second-order valence-electron chi connectivity index (χ2n) is 8.15. The number of carbonyl (C=O) groups is 4. The molecule has 0 spiro atoms. The molecule has 3 unspecified atom stereocenters. The van der Waals surface area contributed by atoms with Crippen LogP contribution in [-0.4, -0.2) is 74.1 Å². The lowest BCUT2D eigenvalue weighted by Gasteiger charge is -2.25. The number of nitrogens with one attached hydrogen (secondary N) is 2. The molecular weight excluding hydrogens is 468 g/mol. The van der Waals surface area contributed by atoms with Crippen LogP contribution in [0.5, 0.6) is 0 Å². The molecule has 3 rings (SSSR count). The number of benzene rings is 1. The normalized spacial score (nSPS) is 23.2. The number of aliphatic hydroxyl groups excluding tert-OH is 1. The zero-order valence-electron chi connectivity index (χ0n) is 18.4. The summed E-state index contributed by atoms with van der Waals surface area (Å²) in [7, 11) is -3.84. The largest absolute Gasteiger partial charge is 0.434 e. The Balaban J connectivity index is 1.70. The van der Waals surface area contributed by atoms with Gasteiger partial charge in [-0.15, -0.1) is 0 Å². The van der Waals surface area contributed by atoms with E-state index in [0.717, 1.165) is 10.5 Å². The summed E-state index contributed by atoms with van der Waals surface area (Å²) >= 11 is 0. The van der Waals surface area contributed by atoms with Crippen molar-refractivity contribution in [3.8, 4) is 0 Å². The number of allylic oxidation sites excluding steroid dienone is 1. The van der Waals surface area contributed by atoms with E-state index in [1.165, 1.54) is 12.1 Å². The number of nitrogens with zero attached hydrogens (tertiary/aromatic N) is 1. The van der Waals surface area contributed by atoms with Gasteiger partial charge in [0.25, 0.3) is 0 Å². The number of sulfonamides is 1. The first-order chi connectivity index (χ1) is 16.0. The van der Waals surface area contributed by atoms with Gasteiger partial charge >= 0.3 is 5.97 Å².